The molecule has 2 aromatic carbocycles. The Bertz CT molecular complexity index is 1110. The molecule has 0 spiro atoms. The number of benzene rings is 2. The Morgan fingerprint density at radius 3 is 2.67 bits per heavy atom. The summed E-state index contributed by atoms with van der Waals surface area (Å²) < 4.78 is 5.55. The molecule has 1 unspecified atom stereocenters. The Balaban J connectivity index is 1.44. The van der Waals surface area contributed by atoms with Gasteiger partial charge in [-0.05, 0) is 42.7 Å². The zero-order valence-corrected chi connectivity index (χ0v) is 16.5. The third-order valence-corrected chi connectivity index (χ3v) is 5.46. The number of anilines is 1. The maximum atomic E-state index is 12.5. The first-order valence-corrected chi connectivity index (χ1v) is 9.80. The number of carbonyl (C=O) groups excluding carboxylic acids is 3. The molecule has 0 radical (unpaired) electrons. The van der Waals surface area contributed by atoms with Crippen molar-refractivity contribution in [3.8, 4) is 0 Å². The van der Waals surface area contributed by atoms with Crippen molar-refractivity contribution >= 4 is 40.6 Å². The van der Waals surface area contributed by atoms with Crippen LogP contribution >= 0.6 is 0 Å². The van der Waals surface area contributed by atoms with Gasteiger partial charge in [0.2, 0.25) is 23.6 Å². The maximum Gasteiger partial charge on any atom is 0.248 e. The number of amides is 3. The van der Waals surface area contributed by atoms with Crippen LogP contribution in [0, 0.1) is 0 Å². The first-order chi connectivity index (χ1) is 14.5. The number of piperidine rings is 1. The second-order valence-electron chi connectivity index (χ2n) is 7.23. The van der Waals surface area contributed by atoms with Gasteiger partial charge < -0.3 is 9.73 Å². The van der Waals surface area contributed by atoms with Gasteiger partial charge in [0.15, 0.2) is 5.58 Å². The van der Waals surface area contributed by atoms with E-state index in [2.05, 4.69) is 15.6 Å². The molecule has 4 rings (SSSR count). The SMILES string of the molecule is CCC1(c2ccc(NC(=O)C=Cc3nc4ccccc4o3)cc2)CCC(=O)NC1=O. The summed E-state index contributed by atoms with van der Waals surface area (Å²) in [6.07, 6.45) is 4.25. The van der Waals surface area contributed by atoms with E-state index in [1.165, 1.54) is 12.2 Å². The highest BCUT2D eigenvalue weighted by atomic mass is 16.3. The topological polar surface area (TPSA) is 101 Å². The number of fused-ring (bicyclic) bond motifs is 1. The van der Waals surface area contributed by atoms with Crippen molar-refractivity contribution in [2.24, 2.45) is 0 Å². The maximum absolute atomic E-state index is 12.5. The summed E-state index contributed by atoms with van der Waals surface area (Å²) in [4.78, 5) is 40.5. The van der Waals surface area contributed by atoms with Crippen molar-refractivity contribution in [2.45, 2.75) is 31.6 Å². The smallest absolute Gasteiger partial charge is 0.248 e. The monoisotopic (exact) mass is 403 g/mol. The predicted molar refractivity (Wildman–Crippen MR) is 112 cm³/mol. The van der Waals surface area contributed by atoms with Gasteiger partial charge in [0, 0.05) is 24.3 Å². The van der Waals surface area contributed by atoms with Crippen molar-refractivity contribution in [3.05, 3.63) is 66.1 Å². The number of aromatic nitrogens is 1. The molecular weight excluding hydrogens is 382 g/mol. The van der Waals surface area contributed by atoms with Gasteiger partial charge in [0.05, 0.1) is 5.41 Å². The summed E-state index contributed by atoms with van der Waals surface area (Å²) in [6.45, 7) is 1.93. The lowest BCUT2D eigenvalue weighted by molar-refractivity contribution is -0.138. The third kappa shape index (κ3) is 3.74. The van der Waals surface area contributed by atoms with Crippen LogP contribution in [0.1, 0.15) is 37.6 Å². The van der Waals surface area contributed by atoms with Gasteiger partial charge in [-0.2, -0.15) is 0 Å². The first kappa shape index (κ1) is 19.6. The fraction of sp³-hybridized carbons (Fsp3) is 0.217. The summed E-state index contributed by atoms with van der Waals surface area (Å²) in [6, 6.07) is 14.5. The molecule has 1 fully saturated rings. The van der Waals surface area contributed by atoms with E-state index in [4.69, 9.17) is 4.42 Å². The molecule has 7 heteroatoms. The van der Waals surface area contributed by atoms with Crippen LogP contribution in [-0.4, -0.2) is 22.7 Å². The van der Waals surface area contributed by atoms with E-state index < -0.39 is 5.41 Å². The Morgan fingerprint density at radius 1 is 1.20 bits per heavy atom. The minimum Gasteiger partial charge on any atom is -0.437 e. The van der Waals surface area contributed by atoms with Crippen LogP contribution in [0.5, 0.6) is 0 Å². The van der Waals surface area contributed by atoms with Gasteiger partial charge in [-0.1, -0.05) is 31.2 Å². The average molecular weight is 403 g/mol. The Labute approximate surface area is 173 Å². The fourth-order valence-electron chi connectivity index (χ4n) is 3.73. The molecule has 0 saturated carbocycles. The van der Waals surface area contributed by atoms with Crippen molar-refractivity contribution in [2.75, 3.05) is 5.32 Å². The summed E-state index contributed by atoms with van der Waals surface area (Å²) in [5, 5.41) is 5.21. The highest BCUT2D eigenvalue weighted by Crippen LogP contribution is 2.36. The fourth-order valence-corrected chi connectivity index (χ4v) is 3.73. The number of carbonyl (C=O) groups is 3. The van der Waals surface area contributed by atoms with Crippen molar-refractivity contribution in [1.82, 2.24) is 10.3 Å². The minimum atomic E-state index is -0.719. The molecule has 7 nitrogen and oxygen atoms in total. The zero-order valence-electron chi connectivity index (χ0n) is 16.5. The van der Waals surface area contributed by atoms with Gasteiger partial charge in [-0.3, -0.25) is 19.7 Å². The zero-order chi connectivity index (χ0) is 21.1. The second-order valence-corrected chi connectivity index (χ2v) is 7.23. The molecule has 3 aromatic rings. The molecule has 2 N–H and O–H groups in total. The number of imide groups is 1. The number of para-hydroxylation sites is 2. The number of nitrogens with zero attached hydrogens (tertiary/aromatic N) is 1. The summed E-state index contributed by atoms with van der Waals surface area (Å²) in [5.41, 5.74) is 2.10. The summed E-state index contributed by atoms with van der Waals surface area (Å²) in [5.74, 6) is -0.473. The number of rotatable bonds is 5. The molecule has 2 heterocycles. The lowest BCUT2D eigenvalue weighted by atomic mass is 9.72. The Kier molecular flexibility index (Phi) is 5.18. The molecular formula is C23H21N3O4. The number of hydrogen-bond acceptors (Lipinski definition) is 5. The van der Waals surface area contributed by atoms with Crippen LogP contribution in [0.25, 0.3) is 17.2 Å². The molecule has 3 amide bonds. The van der Waals surface area contributed by atoms with E-state index in [-0.39, 0.29) is 17.7 Å². The molecule has 1 saturated heterocycles. The lowest BCUT2D eigenvalue weighted by Crippen LogP contribution is -2.51. The number of nitrogens with one attached hydrogen (secondary N) is 2. The predicted octanol–water partition coefficient (Wildman–Crippen LogP) is 3.56. The molecule has 0 bridgehead atoms. The summed E-state index contributed by atoms with van der Waals surface area (Å²) >= 11 is 0. The molecule has 30 heavy (non-hydrogen) atoms. The minimum absolute atomic E-state index is 0.237. The van der Waals surface area contributed by atoms with E-state index in [1.54, 1.807) is 12.1 Å². The van der Waals surface area contributed by atoms with Crippen LogP contribution in [0.4, 0.5) is 5.69 Å². The molecule has 1 aliphatic heterocycles. The first-order valence-electron chi connectivity index (χ1n) is 9.80. The van der Waals surface area contributed by atoms with Gasteiger partial charge in [-0.25, -0.2) is 4.98 Å². The second kappa shape index (κ2) is 7.94. The molecule has 0 aliphatic carbocycles. The number of hydrogen-bond donors (Lipinski definition) is 2. The van der Waals surface area contributed by atoms with Crippen molar-refractivity contribution < 1.29 is 18.8 Å². The summed E-state index contributed by atoms with van der Waals surface area (Å²) in [7, 11) is 0. The molecule has 1 aromatic heterocycles. The van der Waals surface area contributed by atoms with Gasteiger partial charge in [0.1, 0.15) is 5.52 Å². The molecule has 1 atom stereocenters. The number of oxazole rings is 1. The largest absolute Gasteiger partial charge is 0.437 e. The molecule has 1 aliphatic rings. The van der Waals surface area contributed by atoms with Crippen LogP contribution in [0.2, 0.25) is 0 Å². The van der Waals surface area contributed by atoms with E-state index in [9.17, 15) is 14.4 Å². The van der Waals surface area contributed by atoms with Crippen molar-refractivity contribution in [1.29, 1.82) is 0 Å². The highest BCUT2D eigenvalue weighted by molar-refractivity contribution is 6.04. The van der Waals surface area contributed by atoms with E-state index in [1.807, 2.05) is 43.3 Å². The van der Waals surface area contributed by atoms with E-state index >= 15 is 0 Å². The van der Waals surface area contributed by atoms with Crippen LogP contribution in [0.15, 0.2) is 59.0 Å². The lowest BCUT2D eigenvalue weighted by Gasteiger charge is -2.35. The standard InChI is InChI=1S/C23H21N3O4/c1-2-23(14-13-20(28)26-22(23)29)15-7-9-16(10-8-15)24-19(27)11-12-21-25-17-5-3-4-6-18(17)30-21/h3-12H,2,13-14H2,1H3,(H,24,27)(H,26,28,29). The third-order valence-electron chi connectivity index (χ3n) is 5.46. The van der Waals surface area contributed by atoms with Gasteiger partial charge in [0.25, 0.3) is 0 Å². The van der Waals surface area contributed by atoms with Gasteiger partial charge in [-0.15, -0.1) is 0 Å². The normalized spacial score (nSPS) is 19.2. The van der Waals surface area contributed by atoms with Crippen LogP contribution in [-0.2, 0) is 19.8 Å². The van der Waals surface area contributed by atoms with E-state index in [0.717, 1.165) is 11.1 Å². The Morgan fingerprint density at radius 2 is 1.97 bits per heavy atom. The van der Waals surface area contributed by atoms with Crippen LogP contribution < -0.4 is 10.6 Å². The van der Waals surface area contributed by atoms with E-state index in [0.29, 0.717) is 36.4 Å². The average Bonchev–Trinajstić information content (AvgIpc) is 3.17. The Hall–Kier alpha value is -3.74. The molecule has 152 valence electrons. The highest BCUT2D eigenvalue weighted by Gasteiger charge is 2.42. The van der Waals surface area contributed by atoms with Crippen LogP contribution in [0.3, 0.4) is 0 Å². The van der Waals surface area contributed by atoms with Gasteiger partial charge >= 0.3 is 0 Å². The quantitative estimate of drug-likeness (QED) is 0.501. The van der Waals surface area contributed by atoms with Crippen molar-refractivity contribution in [3.63, 3.8) is 0 Å².